The van der Waals surface area contributed by atoms with Crippen molar-refractivity contribution in [1.29, 1.82) is 0 Å². The van der Waals surface area contributed by atoms with E-state index in [1.54, 1.807) is 18.4 Å². The first-order chi connectivity index (χ1) is 16.1. The second kappa shape index (κ2) is 10.9. The van der Waals surface area contributed by atoms with E-state index in [1.165, 1.54) is 16.6 Å². The monoisotopic (exact) mass is 498 g/mol. The average molecular weight is 499 g/mol. The predicted molar refractivity (Wildman–Crippen MR) is 135 cm³/mol. The number of halogens is 1. The molecule has 9 heteroatoms. The summed E-state index contributed by atoms with van der Waals surface area (Å²) in [5.41, 5.74) is 1.70. The van der Waals surface area contributed by atoms with Crippen LogP contribution in [-0.2, 0) is 11.2 Å². The topological polar surface area (TPSA) is 69.0 Å². The van der Waals surface area contributed by atoms with Crippen LogP contribution >= 0.6 is 34.7 Å². The molecule has 33 heavy (non-hydrogen) atoms. The molecule has 0 bridgehead atoms. The molecule has 1 unspecified atom stereocenters. The summed E-state index contributed by atoms with van der Waals surface area (Å²) in [6, 6.07) is 19.4. The van der Waals surface area contributed by atoms with Crippen LogP contribution in [0.15, 0.2) is 71.2 Å². The molecular formula is C24H23ClN4O2S2. The standard InChI is InChI=1S/C24H23ClN4O2S2/c1-16(23(30)26-13-12-19-9-6-14-32-19)33-24-28-27-22(17-7-4-3-5-8-17)29(24)18-10-11-21(31-2)20(25)15-18/h3-11,14-16H,12-13H2,1-2H3,(H,26,30). The maximum atomic E-state index is 12.7. The number of nitrogens with zero attached hydrogens (tertiary/aromatic N) is 3. The Morgan fingerprint density at radius 2 is 2.00 bits per heavy atom. The second-order valence-corrected chi connectivity index (χ2v) is 9.95. The summed E-state index contributed by atoms with van der Waals surface area (Å²) in [5, 5.41) is 14.6. The van der Waals surface area contributed by atoms with Crippen LogP contribution in [0.1, 0.15) is 11.8 Å². The molecule has 0 fully saturated rings. The lowest BCUT2D eigenvalue weighted by molar-refractivity contribution is -0.120. The summed E-state index contributed by atoms with van der Waals surface area (Å²) in [4.78, 5) is 14.0. The van der Waals surface area contributed by atoms with Gasteiger partial charge in [-0.3, -0.25) is 9.36 Å². The number of thiophene rings is 1. The predicted octanol–water partition coefficient (Wildman–Crippen LogP) is 5.50. The fraction of sp³-hybridized carbons (Fsp3) is 0.208. The molecule has 0 aliphatic rings. The van der Waals surface area contributed by atoms with E-state index in [9.17, 15) is 4.79 Å². The first-order valence-corrected chi connectivity index (χ1v) is 12.5. The molecule has 1 N–H and O–H groups in total. The van der Waals surface area contributed by atoms with E-state index < -0.39 is 0 Å². The van der Waals surface area contributed by atoms with Gasteiger partial charge in [0.1, 0.15) is 5.75 Å². The third-order valence-corrected chi connectivity index (χ3v) is 7.24. The highest BCUT2D eigenvalue weighted by atomic mass is 35.5. The van der Waals surface area contributed by atoms with Crippen LogP contribution < -0.4 is 10.1 Å². The molecule has 170 valence electrons. The summed E-state index contributed by atoms with van der Waals surface area (Å²) in [6.45, 7) is 2.47. The summed E-state index contributed by atoms with van der Waals surface area (Å²) in [5.74, 6) is 1.22. The van der Waals surface area contributed by atoms with Gasteiger partial charge in [-0.05, 0) is 43.0 Å². The number of thioether (sulfide) groups is 1. The van der Waals surface area contributed by atoms with Gasteiger partial charge in [-0.2, -0.15) is 0 Å². The van der Waals surface area contributed by atoms with Crippen molar-refractivity contribution in [3.8, 4) is 22.8 Å². The molecule has 4 aromatic rings. The molecule has 0 aliphatic carbocycles. The van der Waals surface area contributed by atoms with Crippen LogP contribution in [0, 0.1) is 0 Å². The first kappa shape index (κ1) is 23.4. The number of hydrogen-bond donors (Lipinski definition) is 1. The van der Waals surface area contributed by atoms with Gasteiger partial charge in [0.2, 0.25) is 5.91 Å². The Kier molecular flexibility index (Phi) is 7.69. The van der Waals surface area contributed by atoms with Crippen molar-refractivity contribution in [2.75, 3.05) is 13.7 Å². The largest absolute Gasteiger partial charge is 0.495 e. The highest BCUT2D eigenvalue weighted by molar-refractivity contribution is 8.00. The van der Waals surface area contributed by atoms with E-state index in [1.807, 2.05) is 71.5 Å². The quantitative estimate of drug-likeness (QED) is 0.309. The molecule has 4 rings (SSSR count). The summed E-state index contributed by atoms with van der Waals surface area (Å²) >= 11 is 9.45. The fourth-order valence-corrected chi connectivity index (χ4v) is 5.12. The number of methoxy groups -OCH3 is 1. The smallest absolute Gasteiger partial charge is 0.233 e. The van der Waals surface area contributed by atoms with Crippen molar-refractivity contribution in [3.63, 3.8) is 0 Å². The molecule has 2 aromatic heterocycles. The molecular weight excluding hydrogens is 476 g/mol. The van der Waals surface area contributed by atoms with Gasteiger partial charge in [-0.15, -0.1) is 21.5 Å². The minimum absolute atomic E-state index is 0.0415. The van der Waals surface area contributed by atoms with Gasteiger partial charge in [-0.1, -0.05) is 59.8 Å². The van der Waals surface area contributed by atoms with E-state index >= 15 is 0 Å². The van der Waals surface area contributed by atoms with E-state index in [2.05, 4.69) is 21.6 Å². The van der Waals surface area contributed by atoms with E-state index in [4.69, 9.17) is 16.3 Å². The van der Waals surface area contributed by atoms with Crippen LogP contribution in [-0.4, -0.2) is 39.6 Å². The number of carbonyl (C=O) groups excluding carboxylic acids is 1. The molecule has 1 atom stereocenters. The van der Waals surface area contributed by atoms with Crippen LogP contribution in [0.5, 0.6) is 5.75 Å². The Morgan fingerprint density at radius 3 is 2.70 bits per heavy atom. The zero-order valence-corrected chi connectivity index (χ0v) is 20.6. The number of rotatable bonds is 9. The van der Waals surface area contributed by atoms with E-state index in [-0.39, 0.29) is 11.2 Å². The Hall–Kier alpha value is -2.81. The number of carbonyl (C=O) groups is 1. The normalized spacial score (nSPS) is 11.8. The highest BCUT2D eigenvalue weighted by Gasteiger charge is 2.22. The molecule has 0 saturated heterocycles. The second-order valence-electron chi connectivity index (χ2n) is 7.21. The SMILES string of the molecule is COc1ccc(-n2c(SC(C)C(=O)NCCc3cccs3)nnc2-c2ccccc2)cc1Cl. The molecule has 6 nitrogen and oxygen atoms in total. The first-order valence-electron chi connectivity index (χ1n) is 10.4. The van der Waals surface area contributed by atoms with Crippen molar-refractivity contribution >= 4 is 40.6 Å². The lowest BCUT2D eigenvalue weighted by atomic mass is 10.2. The number of ether oxygens (including phenoxy) is 1. The van der Waals surface area contributed by atoms with Crippen molar-refractivity contribution in [3.05, 3.63) is 75.9 Å². The van der Waals surface area contributed by atoms with Crippen LogP contribution in [0.2, 0.25) is 5.02 Å². The molecule has 0 radical (unpaired) electrons. The molecule has 0 saturated carbocycles. The van der Waals surface area contributed by atoms with Crippen LogP contribution in [0.3, 0.4) is 0 Å². The zero-order valence-electron chi connectivity index (χ0n) is 18.2. The lowest BCUT2D eigenvalue weighted by Crippen LogP contribution is -2.32. The molecule has 2 heterocycles. The Bertz CT molecular complexity index is 1210. The summed E-state index contributed by atoms with van der Waals surface area (Å²) < 4.78 is 7.21. The highest BCUT2D eigenvalue weighted by Crippen LogP contribution is 2.33. The van der Waals surface area contributed by atoms with Gasteiger partial charge >= 0.3 is 0 Å². The van der Waals surface area contributed by atoms with E-state index in [0.29, 0.717) is 28.3 Å². The summed E-state index contributed by atoms with van der Waals surface area (Å²) in [7, 11) is 1.58. The molecule has 1 amide bonds. The number of aromatic nitrogens is 3. The number of benzene rings is 2. The molecule has 2 aromatic carbocycles. The Morgan fingerprint density at radius 1 is 1.18 bits per heavy atom. The van der Waals surface area contributed by atoms with Crippen molar-refractivity contribution in [1.82, 2.24) is 20.1 Å². The summed E-state index contributed by atoms with van der Waals surface area (Å²) in [6.07, 6.45) is 0.819. The Balaban J connectivity index is 1.58. The maximum absolute atomic E-state index is 12.7. The van der Waals surface area contributed by atoms with Crippen molar-refractivity contribution in [2.24, 2.45) is 0 Å². The van der Waals surface area contributed by atoms with Gasteiger partial charge in [-0.25, -0.2) is 0 Å². The maximum Gasteiger partial charge on any atom is 0.233 e. The van der Waals surface area contributed by atoms with Gasteiger partial charge in [0.25, 0.3) is 0 Å². The third-order valence-electron chi connectivity index (χ3n) is 4.96. The van der Waals surface area contributed by atoms with Gasteiger partial charge < -0.3 is 10.1 Å². The van der Waals surface area contributed by atoms with Crippen molar-refractivity contribution < 1.29 is 9.53 Å². The van der Waals surface area contributed by atoms with E-state index in [0.717, 1.165) is 17.7 Å². The lowest BCUT2D eigenvalue weighted by Gasteiger charge is -2.15. The van der Waals surface area contributed by atoms with Gasteiger partial charge in [0, 0.05) is 17.0 Å². The van der Waals surface area contributed by atoms with Crippen LogP contribution in [0.25, 0.3) is 17.1 Å². The fourth-order valence-electron chi connectivity index (χ4n) is 3.27. The zero-order chi connectivity index (χ0) is 23.2. The van der Waals surface area contributed by atoms with Gasteiger partial charge in [0.05, 0.1) is 23.1 Å². The number of hydrogen-bond acceptors (Lipinski definition) is 6. The Labute approximate surface area is 206 Å². The number of nitrogens with one attached hydrogen (secondary N) is 1. The van der Waals surface area contributed by atoms with Gasteiger partial charge in [0.15, 0.2) is 11.0 Å². The third kappa shape index (κ3) is 5.58. The minimum Gasteiger partial charge on any atom is -0.495 e. The van der Waals surface area contributed by atoms with Crippen LogP contribution in [0.4, 0.5) is 0 Å². The minimum atomic E-state index is -0.353. The number of amides is 1. The van der Waals surface area contributed by atoms with Crippen molar-refractivity contribution in [2.45, 2.75) is 23.8 Å². The molecule has 0 spiro atoms. The average Bonchev–Trinajstić information content (AvgIpc) is 3.49. The molecule has 0 aliphatic heterocycles.